The number of aliphatic imine (C=N–C) groups is 1. The Labute approximate surface area is 98.2 Å². The van der Waals surface area contributed by atoms with Crippen molar-refractivity contribution in [3.05, 3.63) is 29.3 Å². The van der Waals surface area contributed by atoms with Crippen molar-refractivity contribution < 1.29 is 5.11 Å². The van der Waals surface area contributed by atoms with Gasteiger partial charge in [0.05, 0.1) is 5.60 Å². The van der Waals surface area contributed by atoms with Crippen LogP contribution < -0.4 is 5.73 Å². The van der Waals surface area contributed by atoms with Gasteiger partial charge in [-0.2, -0.15) is 0 Å². The molecule has 4 heteroatoms. The Kier molecular flexibility index (Phi) is 3.52. The summed E-state index contributed by atoms with van der Waals surface area (Å²) in [4.78, 5) is 4.00. The molecule has 1 aromatic carbocycles. The van der Waals surface area contributed by atoms with Crippen LogP contribution in [0.4, 0.5) is 5.69 Å². The van der Waals surface area contributed by atoms with E-state index in [2.05, 4.69) is 20.9 Å². The standard InChI is InChI=1S/C11H15BrN2O/c1-11(2,15)7-4-5-8(9(13)6-7)10(12)14-3/h4-6,15H,13H2,1-3H3. The summed E-state index contributed by atoms with van der Waals surface area (Å²) >= 11 is 3.32. The highest BCUT2D eigenvalue weighted by Crippen LogP contribution is 2.25. The summed E-state index contributed by atoms with van der Waals surface area (Å²) in [7, 11) is 1.69. The summed E-state index contributed by atoms with van der Waals surface area (Å²) in [6.07, 6.45) is 0. The van der Waals surface area contributed by atoms with E-state index in [9.17, 15) is 5.11 Å². The number of halogens is 1. The maximum atomic E-state index is 9.80. The van der Waals surface area contributed by atoms with Gasteiger partial charge < -0.3 is 10.8 Å². The molecule has 0 aliphatic carbocycles. The summed E-state index contributed by atoms with van der Waals surface area (Å²) in [5.74, 6) is 0. The fourth-order valence-electron chi connectivity index (χ4n) is 1.25. The molecule has 0 aromatic heterocycles. The van der Waals surface area contributed by atoms with Crippen LogP contribution in [0.25, 0.3) is 0 Å². The highest BCUT2D eigenvalue weighted by Gasteiger charge is 2.17. The molecule has 0 aliphatic heterocycles. The Morgan fingerprint density at radius 1 is 1.47 bits per heavy atom. The maximum absolute atomic E-state index is 9.80. The molecular formula is C11H15BrN2O. The summed E-state index contributed by atoms with van der Waals surface area (Å²) < 4.78 is 0.710. The summed E-state index contributed by atoms with van der Waals surface area (Å²) in [6, 6.07) is 5.46. The molecule has 1 aromatic rings. The van der Waals surface area contributed by atoms with Crippen LogP contribution in [0.2, 0.25) is 0 Å². The minimum atomic E-state index is -0.873. The maximum Gasteiger partial charge on any atom is 0.109 e. The van der Waals surface area contributed by atoms with Gasteiger partial charge in [0, 0.05) is 18.3 Å². The molecule has 1 rings (SSSR count). The first-order valence-corrected chi connectivity index (χ1v) is 5.40. The predicted octanol–water partition coefficient (Wildman–Crippen LogP) is 2.27. The summed E-state index contributed by atoms with van der Waals surface area (Å²) in [5, 5.41) is 9.80. The van der Waals surface area contributed by atoms with Gasteiger partial charge in [-0.05, 0) is 47.5 Å². The topological polar surface area (TPSA) is 58.6 Å². The molecule has 3 nitrogen and oxygen atoms in total. The average Bonchev–Trinajstić information content (AvgIpc) is 2.15. The van der Waals surface area contributed by atoms with Crippen LogP contribution in [0.3, 0.4) is 0 Å². The molecule has 0 unspecified atom stereocenters. The van der Waals surface area contributed by atoms with Crippen molar-refractivity contribution in [2.75, 3.05) is 12.8 Å². The molecular weight excluding hydrogens is 256 g/mol. The van der Waals surface area contributed by atoms with E-state index >= 15 is 0 Å². The van der Waals surface area contributed by atoms with E-state index in [0.717, 1.165) is 11.1 Å². The van der Waals surface area contributed by atoms with Gasteiger partial charge in [-0.25, -0.2) is 0 Å². The van der Waals surface area contributed by atoms with Crippen molar-refractivity contribution in [1.29, 1.82) is 0 Å². The minimum absolute atomic E-state index is 0.604. The molecule has 0 radical (unpaired) electrons. The third-order valence-corrected chi connectivity index (χ3v) is 2.96. The number of anilines is 1. The van der Waals surface area contributed by atoms with E-state index in [0.29, 0.717) is 10.3 Å². The van der Waals surface area contributed by atoms with Crippen LogP contribution in [0, 0.1) is 0 Å². The zero-order chi connectivity index (χ0) is 11.6. The molecule has 0 atom stereocenters. The Morgan fingerprint density at radius 2 is 2.07 bits per heavy atom. The van der Waals surface area contributed by atoms with E-state index in [4.69, 9.17) is 5.73 Å². The third-order valence-electron chi connectivity index (χ3n) is 2.18. The molecule has 3 N–H and O–H groups in total. The van der Waals surface area contributed by atoms with Crippen LogP contribution >= 0.6 is 15.9 Å². The third kappa shape index (κ3) is 2.79. The molecule has 0 spiro atoms. The Hall–Kier alpha value is -0.870. The van der Waals surface area contributed by atoms with Crippen molar-refractivity contribution in [3.63, 3.8) is 0 Å². The van der Waals surface area contributed by atoms with Gasteiger partial charge in [-0.15, -0.1) is 0 Å². The normalized spacial score (nSPS) is 13.0. The van der Waals surface area contributed by atoms with Crippen molar-refractivity contribution in [3.8, 4) is 0 Å². The molecule has 0 bridgehead atoms. The van der Waals surface area contributed by atoms with Gasteiger partial charge >= 0.3 is 0 Å². The number of hydrogen-bond acceptors (Lipinski definition) is 3. The Bertz CT molecular complexity index is 394. The second-order valence-corrected chi connectivity index (χ2v) is 4.63. The van der Waals surface area contributed by atoms with Gasteiger partial charge in [0.1, 0.15) is 4.62 Å². The Morgan fingerprint density at radius 3 is 2.47 bits per heavy atom. The second-order valence-electron chi connectivity index (χ2n) is 3.88. The van der Waals surface area contributed by atoms with E-state index in [1.54, 1.807) is 27.0 Å². The molecule has 0 heterocycles. The van der Waals surface area contributed by atoms with Crippen LogP contribution in [-0.2, 0) is 5.60 Å². The average molecular weight is 271 g/mol. The van der Waals surface area contributed by atoms with E-state index < -0.39 is 5.60 Å². The van der Waals surface area contributed by atoms with Crippen LogP contribution in [-0.4, -0.2) is 16.8 Å². The molecule has 15 heavy (non-hydrogen) atoms. The van der Waals surface area contributed by atoms with Crippen molar-refractivity contribution in [2.24, 2.45) is 4.99 Å². The Balaban J connectivity index is 3.21. The first-order valence-electron chi connectivity index (χ1n) is 4.61. The zero-order valence-corrected chi connectivity index (χ0v) is 10.7. The van der Waals surface area contributed by atoms with Crippen molar-refractivity contribution >= 4 is 26.2 Å². The monoisotopic (exact) mass is 270 g/mol. The van der Waals surface area contributed by atoms with Gasteiger partial charge in [-0.1, -0.05) is 6.07 Å². The van der Waals surface area contributed by atoms with Crippen LogP contribution in [0.5, 0.6) is 0 Å². The van der Waals surface area contributed by atoms with E-state index in [-0.39, 0.29) is 0 Å². The summed E-state index contributed by atoms with van der Waals surface area (Å²) in [5.41, 5.74) is 7.23. The van der Waals surface area contributed by atoms with Crippen LogP contribution in [0.1, 0.15) is 25.0 Å². The molecule has 82 valence electrons. The first kappa shape index (κ1) is 12.2. The first-order chi connectivity index (χ1) is 6.86. The number of nitrogens with two attached hydrogens (primary N) is 1. The van der Waals surface area contributed by atoms with Gasteiger partial charge in [0.15, 0.2) is 0 Å². The van der Waals surface area contributed by atoms with Gasteiger partial charge in [-0.3, -0.25) is 4.99 Å². The summed E-state index contributed by atoms with van der Waals surface area (Å²) in [6.45, 7) is 3.45. The molecule has 0 saturated heterocycles. The molecule has 0 saturated carbocycles. The highest BCUT2D eigenvalue weighted by molar-refractivity contribution is 9.18. The van der Waals surface area contributed by atoms with Crippen molar-refractivity contribution in [2.45, 2.75) is 19.4 Å². The highest BCUT2D eigenvalue weighted by atomic mass is 79.9. The van der Waals surface area contributed by atoms with E-state index in [1.807, 2.05) is 12.1 Å². The lowest BCUT2D eigenvalue weighted by atomic mass is 9.96. The van der Waals surface area contributed by atoms with Crippen molar-refractivity contribution in [1.82, 2.24) is 0 Å². The number of rotatable bonds is 2. The quantitative estimate of drug-likeness (QED) is 0.640. The fourth-order valence-corrected chi connectivity index (χ4v) is 1.61. The number of hydrogen-bond donors (Lipinski definition) is 2. The molecule has 0 aliphatic rings. The number of aliphatic hydroxyl groups is 1. The predicted molar refractivity (Wildman–Crippen MR) is 67.5 cm³/mol. The smallest absolute Gasteiger partial charge is 0.109 e. The van der Waals surface area contributed by atoms with E-state index in [1.165, 1.54) is 0 Å². The lowest BCUT2D eigenvalue weighted by molar-refractivity contribution is 0.0786. The van der Waals surface area contributed by atoms with Crippen LogP contribution in [0.15, 0.2) is 23.2 Å². The number of nitrogens with zero attached hydrogens (tertiary/aromatic N) is 1. The largest absolute Gasteiger partial charge is 0.398 e. The molecule has 0 fully saturated rings. The minimum Gasteiger partial charge on any atom is -0.398 e. The van der Waals surface area contributed by atoms with Gasteiger partial charge in [0.2, 0.25) is 0 Å². The second kappa shape index (κ2) is 4.33. The SMILES string of the molecule is CN=C(Br)c1ccc(C(C)(C)O)cc1N. The van der Waals surface area contributed by atoms with Gasteiger partial charge in [0.25, 0.3) is 0 Å². The lowest BCUT2D eigenvalue weighted by Crippen LogP contribution is -2.16. The molecule has 0 amide bonds. The number of benzene rings is 1. The number of nitrogen functional groups attached to an aromatic ring is 1. The fraction of sp³-hybridized carbons (Fsp3) is 0.364. The zero-order valence-electron chi connectivity index (χ0n) is 9.08. The lowest BCUT2D eigenvalue weighted by Gasteiger charge is -2.19.